The van der Waals surface area contributed by atoms with Gasteiger partial charge in [0, 0.05) is 5.38 Å². The first-order valence-electron chi connectivity index (χ1n) is 2.80. The van der Waals surface area contributed by atoms with Crippen molar-refractivity contribution in [2.75, 3.05) is 0 Å². The molecule has 3 heteroatoms. The van der Waals surface area contributed by atoms with Gasteiger partial charge in [0.15, 0.2) is 0 Å². The Hall–Kier alpha value is -0.410. The molecular formula is C6H10N2S. The summed E-state index contributed by atoms with van der Waals surface area (Å²) in [6, 6.07) is 1.95. The van der Waals surface area contributed by atoms with E-state index < -0.39 is 0 Å². The summed E-state index contributed by atoms with van der Waals surface area (Å²) < 4.78 is 4.10. The normalized spacial score (nSPS) is 11.9. The molecule has 0 unspecified atom stereocenters. The Bertz CT molecular complexity index is 173. The van der Waals surface area contributed by atoms with Crippen molar-refractivity contribution in [3.8, 4) is 0 Å². The summed E-state index contributed by atoms with van der Waals surface area (Å²) in [6.07, 6.45) is 0. The van der Waals surface area contributed by atoms with Gasteiger partial charge in [0.25, 0.3) is 0 Å². The van der Waals surface area contributed by atoms with E-state index in [0.717, 1.165) is 5.69 Å². The van der Waals surface area contributed by atoms with Gasteiger partial charge >= 0.3 is 0 Å². The second-order valence-electron chi connectivity index (χ2n) is 2.61. The molecule has 2 nitrogen and oxygen atoms in total. The third-order valence-electron chi connectivity index (χ3n) is 1.10. The smallest absolute Gasteiger partial charge is 0.0735 e. The first-order chi connectivity index (χ1) is 4.11. The van der Waals surface area contributed by atoms with Crippen molar-refractivity contribution < 1.29 is 0 Å². The zero-order valence-corrected chi connectivity index (χ0v) is 6.40. The molecule has 0 aromatic carbocycles. The van der Waals surface area contributed by atoms with Gasteiger partial charge in [-0.25, -0.2) is 0 Å². The number of hydrogen-bond acceptors (Lipinski definition) is 3. The summed E-state index contributed by atoms with van der Waals surface area (Å²) in [5.74, 6) is 0. The Morgan fingerprint density at radius 1 is 1.67 bits per heavy atom. The minimum Gasteiger partial charge on any atom is -0.321 e. The van der Waals surface area contributed by atoms with Gasteiger partial charge in [-0.1, -0.05) is 0 Å². The number of hydrogen-bond donors (Lipinski definition) is 1. The van der Waals surface area contributed by atoms with Crippen molar-refractivity contribution in [1.82, 2.24) is 4.37 Å². The van der Waals surface area contributed by atoms with Gasteiger partial charge in [0.2, 0.25) is 0 Å². The third-order valence-corrected chi connectivity index (χ3v) is 1.66. The fourth-order valence-electron chi connectivity index (χ4n) is 0.545. The molecule has 0 aliphatic heterocycles. The van der Waals surface area contributed by atoms with Crippen LogP contribution in [0.5, 0.6) is 0 Å². The molecule has 0 amide bonds. The van der Waals surface area contributed by atoms with Gasteiger partial charge in [-0.3, -0.25) is 0 Å². The summed E-state index contributed by atoms with van der Waals surface area (Å²) in [5, 5.41) is 1.93. The third kappa shape index (κ3) is 1.50. The molecule has 1 aromatic heterocycles. The molecular weight excluding hydrogens is 132 g/mol. The van der Waals surface area contributed by atoms with Gasteiger partial charge in [-0.15, -0.1) is 0 Å². The van der Waals surface area contributed by atoms with E-state index in [0.29, 0.717) is 0 Å². The van der Waals surface area contributed by atoms with Crippen molar-refractivity contribution in [3.05, 3.63) is 17.1 Å². The summed E-state index contributed by atoms with van der Waals surface area (Å²) in [5.41, 5.74) is 6.43. The number of nitrogens with zero attached hydrogens (tertiary/aromatic N) is 1. The van der Waals surface area contributed by atoms with E-state index in [4.69, 9.17) is 5.73 Å². The fourth-order valence-corrected chi connectivity index (χ4v) is 1.21. The van der Waals surface area contributed by atoms with Crippen LogP contribution in [0.25, 0.3) is 0 Å². The van der Waals surface area contributed by atoms with Crippen LogP contribution in [0.3, 0.4) is 0 Å². The summed E-state index contributed by atoms with van der Waals surface area (Å²) in [7, 11) is 0. The maximum atomic E-state index is 5.75. The Kier molecular flexibility index (Phi) is 1.55. The highest BCUT2D eigenvalue weighted by atomic mass is 32.1. The lowest BCUT2D eigenvalue weighted by Gasteiger charge is -2.13. The zero-order valence-electron chi connectivity index (χ0n) is 5.59. The highest BCUT2D eigenvalue weighted by Crippen LogP contribution is 2.14. The summed E-state index contributed by atoms with van der Waals surface area (Å²) in [6.45, 7) is 3.89. The van der Waals surface area contributed by atoms with Crippen LogP contribution in [0.15, 0.2) is 11.4 Å². The lowest BCUT2D eigenvalue weighted by Crippen LogP contribution is -2.28. The molecule has 0 spiro atoms. The molecule has 1 rings (SSSR count). The molecule has 0 aliphatic carbocycles. The van der Waals surface area contributed by atoms with Crippen LogP contribution in [0.4, 0.5) is 0 Å². The molecule has 1 heterocycles. The minimum absolute atomic E-state index is 0.278. The molecule has 0 atom stereocenters. The predicted octanol–water partition coefficient (Wildman–Crippen LogP) is 1.34. The zero-order chi connectivity index (χ0) is 6.91. The van der Waals surface area contributed by atoms with E-state index in [1.807, 2.05) is 25.3 Å². The molecule has 0 saturated carbocycles. The highest BCUT2D eigenvalue weighted by Gasteiger charge is 2.15. The molecule has 9 heavy (non-hydrogen) atoms. The van der Waals surface area contributed by atoms with Gasteiger partial charge in [0.05, 0.1) is 11.2 Å². The lowest BCUT2D eigenvalue weighted by atomic mass is 10.0. The number of nitrogens with two attached hydrogens (primary N) is 1. The standard InChI is InChI=1S/C6H10N2S/c1-6(2,7)5-3-4-9-8-5/h3-4H,7H2,1-2H3. The van der Waals surface area contributed by atoms with Crippen molar-refractivity contribution in [2.24, 2.45) is 5.73 Å². The second kappa shape index (κ2) is 2.08. The van der Waals surface area contributed by atoms with Crippen molar-refractivity contribution in [1.29, 1.82) is 0 Å². The van der Waals surface area contributed by atoms with Gasteiger partial charge in [-0.2, -0.15) is 4.37 Å². The van der Waals surface area contributed by atoms with Crippen LogP contribution in [0.2, 0.25) is 0 Å². The molecule has 0 bridgehead atoms. The van der Waals surface area contributed by atoms with E-state index in [2.05, 4.69) is 4.37 Å². The molecule has 0 aliphatic rings. The first-order valence-corrected chi connectivity index (χ1v) is 3.64. The first kappa shape index (κ1) is 6.71. The van der Waals surface area contributed by atoms with Crippen LogP contribution >= 0.6 is 11.5 Å². The largest absolute Gasteiger partial charge is 0.321 e. The van der Waals surface area contributed by atoms with Gasteiger partial charge in [0.1, 0.15) is 0 Å². The van der Waals surface area contributed by atoms with E-state index >= 15 is 0 Å². The van der Waals surface area contributed by atoms with E-state index in [9.17, 15) is 0 Å². The Balaban J connectivity index is 2.90. The summed E-state index contributed by atoms with van der Waals surface area (Å²) in [4.78, 5) is 0. The summed E-state index contributed by atoms with van der Waals surface area (Å²) >= 11 is 1.44. The van der Waals surface area contributed by atoms with E-state index in [1.54, 1.807) is 0 Å². The average Bonchev–Trinajstić information content (AvgIpc) is 2.08. The lowest BCUT2D eigenvalue weighted by molar-refractivity contribution is 0.541. The van der Waals surface area contributed by atoms with Crippen LogP contribution in [0, 0.1) is 0 Å². The maximum Gasteiger partial charge on any atom is 0.0735 e. The number of aromatic nitrogens is 1. The Labute approximate surface area is 58.9 Å². The fraction of sp³-hybridized carbons (Fsp3) is 0.500. The topological polar surface area (TPSA) is 38.9 Å². The van der Waals surface area contributed by atoms with E-state index in [-0.39, 0.29) is 5.54 Å². The Morgan fingerprint density at radius 3 is 2.56 bits per heavy atom. The monoisotopic (exact) mass is 142 g/mol. The van der Waals surface area contributed by atoms with Gasteiger partial charge < -0.3 is 5.73 Å². The van der Waals surface area contributed by atoms with Crippen LogP contribution in [0.1, 0.15) is 19.5 Å². The predicted molar refractivity (Wildman–Crippen MR) is 39.3 cm³/mol. The van der Waals surface area contributed by atoms with Crippen LogP contribution in [-0.4, -0.2) is 4.37 Å². The maximum absolute atomic E-state index is 5.75. The van der Waals surface area contributed by atoms with Crippen LogP contribution < -0.4 is 5.73 Å². The SMILES string of the molecule is CC(C)(N)c1ccsn1. The minimum atomic E-state index is -0.278. The quantitative estimate of drug-likeness (QED) is 0.642. The van der Waals surface area contributed by atoms with Crippen molar-refractivity contribution in [3.63, 3.8) is 0 Å². The molecule has 2 N–H and O–H groups in total. The van der Waals surface area contributed by atoms with Crippen LogP contribution in [-0.2, 0) is 5.54 Å². The van der Waals surface area contributed by atoms with E-state index in [1.165, 1.54) is 11.5 Å². The Morgan fingerprint density at radius 2 is 2.33 bits per heavy atom. The molecule has 0 radical (unpaired) electrons. The van der Waals surface area contributed by atoms with Crippen molar-refractivity contribution >= 4 is 11.5 Å². The highest BCUT2D eigenvalue weighted by molar-refractivity contribution is 7.03. The van der Waals surface area contributed by atoms with Gasteiger partial charge in [-0.05, 0) is 31.4 Å². The second-order valence-corrected chi connectivity index (χ2v) is 3.27. The van der Waals surface area contributed by atoms with Crippen molar-refractivity contribution in [2.45, 2.75) is 19.4 Å². The molecule has 0 saturated heterocycles. The molecule has 50 valence electrons. The molecule has 1 aromatic rings. The average molecular weight is 142 g/mol. The number of rotatable bonds is 1. The molecule has 0 fully saturated rings.